The molecular weight excluding hydrogens is 492 g/mol. The van der Waals surface area contributed by atoms with Crippen molar-refractivity contribution in [2.24, 2.45) is 0 Å². The minimum Gasteiger partial charge on any atom is -0.312 e. The summed E-state index contributed by atoms with van der Waals surface area (Å²) in [5.41, 5.74) is 3.12. The molecule has 2 heterocycles. The fraction of sp³-hybridized carbons (Fsp3) is 0.333. The second-order valence-electron chi connectivity index (χ2n) is 8.92. The zero-order valence-corrected chi connectivity index (χ0v) is 22.2. The third-order valence-electron chi connectivity index (χ3n) is 6.38. The molecule has 1 N–H and O–H groups in total. The van der Waals surface area contributed by atoms with Gasteiger partial charge in [-0.05, 0) is 48.2 Å². The van der Waals surface area contributed by atoms with Crippen LogP contribution in [0, 0.1) is 11.3 Å². The number of unbranched alkanes of at least 4 members (excludes halogenated alkanes) is 1. The highest BCUT2D eigenvalue weighted by atomic mass is 32.2. The van der Waals surface area contributed by atoms with Gasteiger partial charge in [-0.3, -0.25) is 9.69 Å². The van der Waals surface area contributed by atoms with Crippen LogP contribution in [0.1, 0.15) is 51.7 Å². The van der Waals surface area contributed by atoms with Crippen molar-refractivity contribution in [3.05, 3.63) is 81.7 Å². The fourth-order valence-corrected chi connectivity index (χ4v) is 6.72. The van der Waals surface area contributed by atoms with Gasteiger partial charge in [0.05, 0.1) is 10.5 Å². The van der Waals surface area contributed by atoms with Gasteiger partial charge >= 0.3 is 0 Å². The van der Waals surface area contributed by atoms with Gasteiger partial charge in [-0.2, -0.15) is 5.26 Å². The molecule has 0 bridgehead atoms. The Kier molecular flexibility index (Phi) is 8.21. The molecule has 0 saturated heterocycles. The molecule has 0 unspecified atom stereocenters. The summed E-state index contributed by atoms with van der Waals surface area (Å²) in [5.74, 6) is -0.366. The Balaban J connectivity index is 1.46. The van der Waals surface area contributed by atoms with Crippen LogP contribution in [-0.2, 0) is 29.5 Å². The quantitative estimate of drug-likeness (QED) is 0.434. The van der Waals surface area contributed by atoms with Crippen LogP contribution < -0.4 is 5.32 Å². The third kappa shape index (κ3) is 5.68. The number of nitriles is 1. The number of hydrogen-bond donors (Lipinski definition) is 1. The molecule has 2 aromatic carbocycles. The normalized spacial score (nSPS) is 13.8. The van der Waals surface area contributed by atoms with Crippen molar-refractivity contribution >= 4 is 32.3 Å². The smallest absolute Gasteiger partial charge is 0.256 e. The minimum atomic E-state index is -3.60. The highest BCUT2D eigenvalue weighted by Gasteiger charge is 2.26. The molecule has 36 heavy (non-hydrogen) atoms. The lowest BCUT2D eigenvalue weighted by Gasteiger charge is -2.26. The Labute approximate surface area is 217 Å². The molecule has 188 valence electrons. The van der Waals surface area contributed by atoms with Crippen LogP contribution in [-0.4, -0.2) is 43.7 Å². The molecule has 1 aliphatic rings. The lowest BCUT2D eigenvalue weighted by atomic mass is 10.0. The van der Waals surface area contributed by atoms with Crippen LogP contribution in [0.3, 0.4) is 0 Å². The van der Waals surface area contributed by atoms with Gasteiger partial charge in [0.2, 0.25) is 10.0 Å². The highest BCUT2D eigenvalue weighted by Crippen LogP contribution is 2.37. The summed E-state index contributed by atoms with van der Waals surface area (Å²) in [5, 5.41) is 13.2. The maximum absolute atomic E-state index is 13.0. The van der Waals surface area contributed by atoms with Gasteiger partial charge in [0.1, 0.15) is 11.1 Å². The summed E-state index contributed by atoms with van der Waals surface area (Å²) in [4.78, 5) is 16.5. The van der Waals surface area contributed by atoms with Crippen LogP contribution in [0.15, 0.2) is 59.5 Å². The van der Waals surface area contributed by atoms with E-state index in [4.69, 9.17) is 0 Å². The second kappa shape index (κ2) is 11.4. The van der Waals surface area contributed by atoms with Crippen molar-refractivity contribution in [1.82, 2.24) is 9.21 Å². The van der Waals surface area contributed by atoms with Crippen LogP contribution in [0.4, 0.5) is 5.00 Å². The summed E-state index contributed by atoms with van der Waals surface area (Å²) in [6, 6.07) is 18.5. The number of nitrogens with one attached hydrogen (secondary N) is 1. The zero-order chi connectivity index (χ0) is 25.7. The van der Waals surface area contributed by atoms with E-state index in [-0.39, 0.29) is 10.8 Å². The van der Waals surface area contributed by atoms with Crippen molar-refractivity contribution in [2.75, 3.05) is 25.5 Å². The van der Waals surface area contributed by atoms with Gasteiger partial charge in [0, 0.05) is 43.7 Å². The maximum atomic E-state index is 13.0. The zero-order valence-electron chi connectivity index (χ0n) is 20.5. The summed E-state index contributed by atoms with van der Waals surface area (Å²) < 4.78 is 26.8. The molecular formula is C27H30N4O3S2. The van der Waals surface area contributed by atoms with Crippen molar-refractivity contribution in [2.45, 2.75) is 44.2 Å². The number of rotatable bonds is 9. The molecule has 9 heteroatoms. The molecule has 7 nitrogen and oxygen atoms in total. The second-order valence-corrected chi connectivity index (χ2v) is 12.1. The number of amides is 1. The van der Waals surface area contributed by atoms with Crippen molar-refractivity contribution < 1.29 is 13.2 Å². The van der Waals surface area contributed by atoms with Crippen molar-refractivity contribution in [1.29, 1.82) is 5.26 Å². The lowest BCUT2D eigenvalue weighted by molar-refractivity contribution is 0.102. The van der Waals surface area contributed by atoms with Crippen LogP contribution in [0.2, 0.25) is 0 Å². The number of hydrogen-bond acceptors (Lipinski definition) is 6. The molecule has 0 aliphatic carbocycles. The lowest BCUT2D eigenvalue weighted by Crippen LogP contribution is -2.29. The number of thiophene rings is 1. The number of nitrogens with zero attached hydrogens (tertiary/aromatic N) is 3. The number of sulfonamides is 1. The van der Waals surface area contributed by atoms with Crippen LogP contribution in [0.5, 0.6) is 0 Å². The highest BCUT2D eigenvalue weighted by molar-refractivity contribution is 7.89. The summed E-state index contributed by atoms with van der Waals surface area (Å²) in [7, 11) is -2.03. The standard InChI is InChI=1S/C27H30N4O3S2/c1-3-4-15-30(2)36(33,34)22-12-10-21(11-13-22)26(32)29-27-24(17-28)23-14-16-31(19-25(23)35-27)18-20-8-6-5-7-9-20/h5-13H,3-4,14-16,18-19H2,1-2H3,(H,29,32). The molecule has 4 rings (SSSR count). The largest absolute Gasteiger partial charge is 0.312 e. The predicted molar refractivity (Wildman–Crippen MR) is 142 cm³/mol. The Bertz CT molecular complexity index is 1360. The fourth-order valence-electron chi connectivity index (χ4n) is 4.27. The van der Waals surface area contributed by atoms with Crippen LogP contribution >= 0.6 is 11.3 Å². The van der Waals surface area contributed by atoms with Crippen molar-refractivity contribution in [3.8, 4) is 6.07 Å². The van der Waals surface area contributed by atoms with Gasteiger partial charge < -0.3 is 5.32 Å². The van der Waals surface area contributed by atoms with E-state index in [1.807, 2.05) is 25.1 Å². The third-order valence-corrected chi connectivity index (χ3v) is 9.38. The number of fused-ring (bicyclic) bond motifs is 1. The number of benzene rings is 2. The molecule has 0 atom stereocenters. The van der Waals surface area contributed by atoms with E-state index in [9.17, 15) is 18.5 Å². The molecule has 0 saturated carbocycles. The first kappa shape index (κ1) is 26.0. The van der Waals surface area contributed by atoms with Crippen molar-refractivity contribution in [3.63, 3.8) is 0 Å². The molecule has 0 fully saturated rings. The molecule has 3 aromatic rings. The van der Waals surface area contributed by atoms with E-state index in [1.165, 1.54) is 45.5 Å². The molecule has 0 radical (unpaired) electrons. The van der Waals surface area contributed by atoms with E-state index in [1.54, 1.807) is 7.05 Å². The Morgan fingerprint density at radius 3 is 2.56 bits per heavy atom. The number of anilines is 1. The average molecular weight is 523 g/mol. The van der Waals surface area contributed by atoms with E-state index in [2.05, 4.69) is 28.4 Å². The van der Waals surface area contributed by atoms with Gasteiger partial charge in [-0.25, -0.2) is 12.7 Å². The first-order valence-corrected chi connectivity index (χ1v) is 14.3. The molecule has 1 aromatic heterocycles. The van der Waals surface area contributed by atoms with E-state index in [0.717, 1.165) is 49.3 Å². The van der Waals surface area contributed by atoms with E-state index >= 15 is 0 Å². The maximum Gasteiger partial charge on any atom is 0.256 e. The first-order valence-electron chi connectivity index (χ1n) is 12.0. The summed E-state index contributed by atoms with van der Waals surface area (Å²) in [6.45, 7) is 4.88. The van der Waals surface area contributed by atoms with Gasteiger partial charge in [-0.1, -0.05) is 43.7 Å². The predicted octanol–water partition coefficient (Wildman–Crippen LogP) is 4.85. The number of carbonyl (C=O) groups is 1. The Morgan fingerprint density at radius 1 is 1.17 bits per heavy atom. The molecule has 0 spiro atoms. The minimum absolute atomic E-state index is 0.153. The molecule has 1 aliphatic heterocycles. The van der Waals surface area contributed by atoms with Gasteiger partial charge in [-0.15, -0.1) is 11.3 Å². The molecule has 1 amide bonds. The van der Waals surface area contributed by atoms with Gasteiger partial charge in [0.25, 0.3) is 5.91 Å². The van der Waals surface area contributed by atoms with E-state index < -0.39 is 10.0 Å². The topological polar surface area (TPSA) is 93.5 Å². The van der Waals surface area contributed by atoms with Gasteiger partial charge in [0.15, 0.2) is 0 Å². The average Bonchev–Trinajstić information content (AvgIpc) is 3.23. The number of carbonyl (C=O) groups excluding carboxylic acids is 1. The summed E-state index contributed by atoms with van der Waals surface area (Å²) >= 11 is 1.44. The Morgan fingerprint density at radius 2 is 1.89 bits per heavy atom. The Hall–Kier alpha value is -3.03. The summed E-state index contributed by atoms with van der Waals surface area (Å²) in [6.07, 6.45) is 2.45. The van der Waals surface area contributed by atoms with E-state index in [0.29, 0.717) is 22.7 Å². The first-order chi connectivity index (χ1) is 17.3. The SMILES string of the molecule is CCCCN(C)S(=O)(=O)c1ccc(C(=O)Nc2sc3c(c2C#N)CCN(Cc2ccccc2)C3)cc1. The van der Waals surface area contributed by atoms with Crippen LogP contribution in [0.25, 0.3) is 0 Å². The monoisotopic (exact) mass is 522 g/mol.